The first-order valence-corrected chi connectivity index (χ1v) is 7.15. The summed E-state index contributed by atoms with van der Waals surface area (Å²) in [6, 6.07) is 10.5. The summed E-state index contributed by atoms with van der Waals surface area (Å²) in [5, 5.41) is 14.0. The summed E-state index contributed by atoms with van der Waals surface area (Å²) in [5.41, 5.74) is 3.19. The fraction of sp³-hybridized carbons (Fsp3) is 0.471. The van der Waals surface area contributed by atoms with E-state index in [9.17, 15) is 5.11 Å². The van der Waals surface area contributed by atoms with Crippen LogP contribution in [-0.4, -0.2) is 22.7 Å². The van der Waals surface area contributed by atoms with E-state index in [2.05, 4.69) is 43.2 Å². The van der Waals surface area contributed by atoms with Crippen LogP contribution in [0.2, 0.25) is 0 Å². The van der Waals surface area contributed by atoms with Gasteiger partial charge in [-0.3, -0.25) is 4.98 Å². The molecular formula is C17H24N2O. The number of aryl methyl sites for hydroxylation is 1. The Morgan fingerprint density at radius 1 is 1.25 bits per heavy atom. The van der Waals surface area contributed by atoms with Crippen LogP contribution >= 0.6 is 0 Å². The predicted molar refractivity (Wildman–Crippen MR) is 85.0 cm³/mol. The zero-order chi connectivity index (χ0) is 14.8. The number of anilines is 1. The molecule has 108 valence electrons. The highest BCUT2D eigenvalue weighted by Crippen LogP contribution is 2.29. The van der Waals surface area contributed by atoms with E-state index >= 15 is 0 Å². The van der Waals surface area contributed by atoms with Gasteiger partial charge >= 0.3 is 0 Å². The molecule has 1 aromatic carbocycles. The van der Waals surface area contributed by atoms with E-state index in [0.717, 1.165) is 28.7 Å². The molecule has 0 radical (unpaired) electrons. The summed E-state index contributed by atoms with van der Waals surface area (Å²) in [5.74, 6) is 0. The number of aliphatic hydroxyl groups is 1. The van der Waals surface area contributed by atoms with E-state index in [0.29, 0.717) is 0 Å². The molecule has 2 aromatic rings. The summed E-state index contributed by atoms with van der Waals surface area (Å²) in [4.78, 5) is 4.56. The highest BCUT2D eigenvalue weighted by Gasteiger charge is 2.24. The Hall–Kier alpha value is -1.61. The summed E-state index contributed by atoms with van der Waals surface area (Å²) in [6.07, 6.45) is 0.735. The van der Waals surface area contributed by atoms with Crippen molar-refractivity contribution in [1.29, 1.82) is 0 Å². The van der Waals surface area contributed by atoms with Crippen molar-refractivity contribution >= 4 is 16.6 Å². The molecule has 1 heterocycles. The number of benzene rings is 1. The second kappa shape index (κ2) is 5.80. The first kappa shape index (κ1) is 14.8. The van der Waals surface area contributed by atoms with Gasteiger partial charge in [0.2, 0.25) is 0 Å². The molecule has 0 fully saturated rings. The van der Waals surface area contributed by atoms with Crippen molar-refractivity contribution < 1.29 is 5.11 Å². The smallest absolute Gasteiger partial charge is 0.0725 e. The van der Waals surface area contributed by atoms with Crippen LogP contribution < -0.4 is 5.32 Å². The summed E-state index contributed by atoms with van der Waals surface area (Å²) in [7, 11) is 0. The van der Waals surface area contributed by atoms with Crippen molar-refractivity contribution in [1.82, 2.24) is 4.98 Å². The van der Waals surface area contributed by atoms with E-state index in [1.807, 2.05) is 25.1 Å². The Morgan fingerprint density at radius 2 is 1.95 bits per heavy atom. The molecule has 1 unspecified atom stereocenters. The van der Waals surface area contributed by atoms with Crippen molar-refractivity contribution in [2.24, 2.45) is 5.41 Å². The number of aromatic nitrogens is 1. The largest absolute Gasteiger partial charge is 0.396 e. The minimum Gasteiger partial charge on any atom is -0.396 e. The number of hydrogen-bond donors (Lipinski definition) is 2. The van der Waals surface area contributed by atoms with E-state index in [4.69, 9.17) is 0 Å². The molecule has 1 atom stereocenters. The maximum atomic E-state index is 9.29. The minimum absolute atomic E-state index is 0.0843. The zero-order valence-corrected chi connectivity index (χ0v) is 12.8. The quantitative estimate of drug-likeness (QED) is 0.891. The molecule has 0 aliphatic carbocycles. The molecule has 20 heavy (non-hydrogen) atoms. The SMILES string of the molecule is Cc1cc(NC(CCO)C(C)(C)C)c2ccccc2n1. The van der Waals surface area contributed by atoms with Gasteiger partial charge in [0, 0.05) is 29.4 Å². The maximum Gasteiger partial charge on any atom is 0.0725 e. The fourth-order valence-electron chi connectivity index (χ4n) is 2.47. The van der Waals surface area contributed by atoms with Gasteiger partial charge in [-0.15, -0.1) is 0 Å². The highest BCUT2D eigenvalue weighted by atomic mass is 16.3. The zero-order valence-electron chi connectivity index (χ0n) is 12.8. The number of hydrogen-bond acceptors (Lipinski definition) is 3. The molecule has 0 bridgehead atoms. The first-order chi connectivity index (χ1) is 9.41. The second-order valence-electron chi connectivity index (χ2n) is 6.40. The lowest BCUT2D eigenvalue weighted by atomic mass is 9.84. The molecule has 0 amide bonds. The molecule has 0 aliphatic rings. The van der Waals surface area contributed by atoms with Gasteiger partial charge in [-0.05, 0) is 30.9 Å². The van der Waals surface area contributed by atoms with Crippen molar-refractivity contribution in [3.05, 3.63) is 36.0 Å². The molecule has 3 heteroatoms. The number of nitrogens with one attached hydrogen (secondary N) is 1. The number of aliphatic hydroxyl groups excluding tert-OH is 1. The van der Waals surface area contributed by atoms with E-state index in [1.54, 1.807) is 0 Å². The van der Waals surface area contributed by atoms with Crippen LogP contribution in [-0.2, 0) is 0 Å². The van der Waals surface area contributed by atoms with Gasteiger partial charge < -0.3 is 10.4 Å². The average Bonchev–Trinajstić information content (AvgIpc) is 2.37. The van der Waals surface area contributed by atoms with E-state index < -0.39 is 0 Å². The third kappa shape index (κ3) is 3.28. The van der Waals surface area contributed by atoms with Gasteiger partial charge in [-0.25, -0.2) is 0 Å². The third-order valence-corrected chi connectivity index (χ3v) is 3.64. The van der Waals surface area contributed by atoms with Gasteiger partial charge in [0.05, 0.1) is 5.52 Å². The topological polar surface area (TPSA) is 45.1 Å². The van der Waals surface area contributed by atoms with Crippen LogP contribution in [0.1, 0.15) is 32.9 Å². The summed E-state index contributed by atoms with van der Waals surface area (Å²) < 4.78 is 0. The number of rotatable bonds is 4. The van der Waals surface area contributed by atoms with Crippen LogP contribution in [0.4, 0.5) is 5.69 Å². The highest BCUT2D eigenvalue weighted by molar-refractivity contribution is 5.91. The number of pyridine rings is 1. The minimum atomic E-state index is 0.0843. The monoisotopic (exact) mass is 272 g/mol. The van der Waals surface area contributed by atoms with Crippen molar-refractivity contribution in [2.45, 2.75) is 40.2 Å². The Labute approximate surface area is 121 Å². The van der Waals surface area contributed by atoms with E-state index in [1.165, 1.54) is 0 Å². The van der Waals surface area contributed by atoms with Gasteiger partial charge in [0.15, 0.2) is 0 Å². The van der Waals surface area contributed by atoms with Crippen molar-refractivity contribution in [2.75, 3.05) is 11.9 Å². The lowest BCUT2D eigenvalue weighted by Crippen LogP contribution is -2.35. The molecule has 2 N–H and O–H groups in total. The van der Waals surface area contributed by atoms with Crippen LogP contribution in [0.5, 0.6) is 0 Å². The average molecular weight is 272 g/mol. The maximum absolute atomic E-state index is 9.29. The third-order valence-electron chi connectivity index (χ3n) is 3.64. The molecule has 0 saturated carbocycles. The van der Waals surface area contributed by atoms with Crippen molar-refractivity contribution in [3.63, 3.8) is 0 Å². The molecule has 0 saturated heterocycles. The molecule has 3 nitrogen and oxygen atoms in total. The Morgan fingerprint density at radius 3 is 2.60 bits per heavy atom. The summed E-state index contributed by atoms with van der Waals surface area (Å²) in [6.45, 7) is 8.77. The fourth-order valence-corrected chi connectivity index (χ4v) is 2.47. The lowest BCUT2D eigenvalue weighted by molar-refractivity contribution is 0.235. The van der Waals surface area contributed by atoms with Gasteiger partial charge in [0.25, 0.3) is 0 Å². The Bertz CT molecular complexity index is 587. The predicted octanol–water partition coefficient (Wildman–Crippen LogP) is 3.75. The number of nitrogens with zero attached hydrogens (tertiary/aromatic N) is 1. The number of fused-ring (bicyclic) bond motifs is 1. The normalized spacial score (nSPS) is 13.4. The van der Waals surface area contributed by atoms with Crippen LogP contribution in [0, 0.1) is 12.3 Å². The summed E-state index contributed by atoms with van der Waals surface area (Å²) >= 11 is 0. The second-order valence-corrected chi connectivity index (χ2v) is 6.40. The van der Waals surface area contributed by atoms with Gasteiger partial charge in [-0.2, -0.15) is 0 Å². The van der Waals surface area contributed by atoms with Crippen molar-refractivity contribution in [3.8, 4) is 0 Å². The first-order valence-electron chi connectivity index (χ1n) is 7.15. The van der Waals surface area contributed by atoms with Crippen LogP contribution in [0.3, 0.4) is 0 Å². The lowest BCUT2D eigenvalue weighted by Gasteiger charge is -2.32. The standard InChI is InChI=1S/C17H24N2O/c1-12-11-15(13-7-5-6-8-14(13)18-12)19-16(9-10-20)17(2,3)4/h5-8,11,16,20H,9-10H2,1-4H3,(H,18,19). The van der Waals surface area contributed by atoms with Crippen LogP contribution in [0.25, 0.3) is 10.9 Å². The van der Waals surface area contributed by atoms with E-state index in [-0.39, 0.29) is 18.1 Å². The molecule has 2 rings (SSSR count). The van der Waals surface area contributed by atoms with Gasteiger partial charge in [0.1, 0.15) is 0 Å². The Balaban J connectivity index is 2.41. The Kier molecular flexibility index (Phi) is 4.29. The van der Waals surface area contributed by atoms with Gasteiger partial charge in [-0.1, -0.05) is 39.0 Å². The molecular weight excluding hydrogens is 248 g/mol. The number of para-hydroxylation sites is 1. The van der Waals surface area contributed by atoms with Crippen LogP contribution in [0.15, 0.2) is 30.3 Å². The molecule has 1 aromatic heterocycles. The molecule has 0 aliphatic heterocycles. The molecule has 0 spiro atoms.